The molecule has 0 aliphatic heterocycles. The number of carboxylic acid groups (broad SMARTS) is 1. The predicted molar refractivity (Wildman–Crippen MR) is 97.4 cm³/mol. The molecule has 0 bridgehead atoms. The van der Waals surface area contributed by atoms with Gasteiger partial charge in [-0.25, -0.2) is 4.79 Å². The zero-order chi connectivity index (χ0) is 22.0. The molecule has 0 fully saturated rings. The standard InChI is InChI=1S/C16H29N5O7/c1-7(2)4-10(20-14(25)9(17)5-12(18)23)15(26)19-8(3)13(24)21-11(6-22)16(27)28/h7-11,22H,4-6,17H2,1-3H3,(H2,18,23)(H,19,26)(H,20,25)(H,21,24)(H,27,28). The Bertz CT molecular complexity index is 596. The number of carbonyl (C=O) groups is 5. The van der Waals surface area contributed by atoms with Crippen LogP contribution >= 0.6 is 0 Å². The van der Waals surface area contributed by atoms with E-state index < -0.39 is 66.8 Å². The Morgan fingerprint density at radius 1 is 0.893 bits per heavy atom. The minimum atomic E-state index is -1.51. The Balaban J connectivity index is 5.01. The molecule has 160 valence electrons. The molecule has 12 nitrogen and oxygen atoms in total. The van der Waals surface area contributed by atoms with E-state index in [0.29, 0.717) is 0 Å². The SMILES string of the molecule is CC(C)CC(NC(=O)C(N)CC(N)=O)C(=O)NC(C)C(=O)NC(CO)C(=O)O. The van der Waals surface area contributed by atoms with Gasteiger partial charge in [0, 0.05) is 0 Å². The molecule has 0 heterocycles. The molecule has 0 saturated carbocycles. The number of hydrogen-bond donors (Lipinski definition) is 7. The van der Waals surface area contributed by atoms with Crippen LogP contribution < -0.4 is 27.4 Å². The number of aliphatic hydroxyl groups excluding tert-OH is 1. The van der Waals surface area contributed by atoms with Gasteiger partial charge in [-0.3, -0.25) is 19.2 Å². The average molecular weight is 403 g/mol. The maximum Gasteiger partial charge on any atom is 0.328 e. The molecule has 0 aromatic heterocycles. The number of nitrogens with two attached hydrogens (primary N) is 2. The summed E-state index contributed by atoms with van der Waals surface area (Å²) in [5, 5.41) is 24.6. The largest absolute Gasteiger partial charge is 0.480 e. The van der Waals surface area contributed by atoms with Gasteiger partial charge >= 0.3 is 5.97 Å². The van der Waals surface area contributed by atoms with Crippen molar-refractivity contribution in [1.82, 2.24) is 16.0 Å². The van der Waals surface area contributed by atoms with Crippen molar-refractivity contribution in [3.05, 3.63) is 0 Å². The van der Waals surface area contributed by atoms with Gasteiger partial charge in [-0.1, -0.05) is 13.8 Å². The first-order chi connectivity index (χ1) is 12.9. The van der Waals surface area contributed by atoms with Crippen LogP contribution in [0.15, 0.2) is 0 Å². The molecule has 0 rings (SSSR count). The summed E-state index contributed by atoms with van der Waals surface area (Å²) < 4.78 is 0. The smallest absolute Gasteiger partial charge is 0.328 e. The summed E-state index contributed by atoms with van der Waals surface area (Å²) >= 11 is 0. The topological polar surface area (TPSA) is 214 Å². The van der Waals surface area contributed by atoms with Crippen molar-refractivity contribution in [3.63, 3.8) is 0 Å². The quantitative estimate of drug-likeness (QED) is 0.175. The second-order valence-electron chi connectivity index (χ2n) is 6.78. The third-order valence-corrected chi connectivity index (χ3v) is 3.65. The summed E-state index contributed by atoms with van der Waals surface area (Å²) in [5.41, 5.74) is 10.5. The fourth-order valence-electron chi connectivity index (χ4n) is 2.15. The molecule has 0 aliphatic carbocycles. The van der Waals surface area contributed by atoms with Crippen LogP contribution in [0, 0.1) is 5.92 Å². The number of aliphatic hydroxyl groups is 1. The molecule has 0 aliphatic rings. The summed E-state index contributed by atoms with van der Waals surface area (Å²) in [5.74, 6) is -4.46. The van der Waals surface area contributed by atoms with E-state index >= 15 is 0 Å². The van der Waals surface area contributed by atoms with Gasteiger partial charge in [0.1, 0.15) is 18.1 Å². The Morgan fingerprint density at radius 3 is 1.86 bits per heavy atom. The fourth-order valence-corrected chi connectivity index (χ4v) is 2.15. The molecular weight excluding hydrogens is 374 g/mol. The van der Waals surface area contributed by atoms with Gasteiger partial charge in [-0.05, 0) is 19.3 Å². The Hall–Kier alpha value is -2.73. The lowest BCUT2D eigenvalue weighted by Gasteiger charge is -2.24. The Morgan fingerprint density at radius 2 is 1.43 bits per heavy atom. The highest BCUT2D eigenvalue weighted by molar-refractivity contribution is 5.94. The highest BCUT2D eigenvalue weighted by Crippen LogP contribution is 2.06. The third-order valence-electron chi connectivity index (χ3n) is 3.65. The fraction of sp³-hybridized carbons (Fsp3) is 0.688. The number of amides is 4. The minimum Gasteiger partial charge on any atom is -0.480 e. The molecular formula is C16H29N5O7. The van der Waals surface area contributed by atoms with E-state index in [4.69, 9.17) is 21.7 Å². The van der Waals surface area contributed by atoms with Crippen molar-refractivity contribution in [1.29, 1.82) is 0 Å². The molecule has 0 aromatic carbocycles. The first-order valence-electron chi connectivity index (χ1n) is 8.67. The molecule has 0 radical (unpaired) electrons. The number of carboxylic acids is 1. The number of hydrogen-bond acceptors (Lipinski definition) is 7. The number of primary amides is 1. The van der Waals surface area contributed by atoms with Gasteiger partial charge < -0.3 is 37.6 Å². The van der Waals surface area contributed by atoms with E-state index in [-0.39, 0.29) is 12.3 Å². The Kier molecular flexibility index (Phi) is 10.7. The minimum absolute atomic E-state index is 0.00155. The van der Waals surface area contributed by atoms with Crippen molar-refractivity contribution in [2.45, 2.75) is 57.8 Å². The van der Waals surface area contributed by atoms with Crippen LogP contribution in [0.4, 0.5) is 0 Å². The number of aliphatic carboxylic acids is 1. The van der Waals surface area contributed by atoms with E-state index in [1.165, 1.54) is 6.92 Å². The van der Waals surface area contributed by atoms with Crippen LogP contribution in [-0.2, 0) is 24.0 Å². The summed E-state index contributed by atoms with van der Waals surface area (Å²) in [6.45, 7) is 4.12. The number of nitrogens with one attached hydrogen (secondary N) is 3. The molecule has 0 saturated heterocycles. The molecule has 0 aromatic rings. The summed E-state index contributed by atoms with van der Waals surface area (Å²) in [4.78, 5) is 58.2. The van der Waals surface area contributed by atoms with Crippen LogP contribution in [-0.4, -0.2) is 70.6 Å². The second-order valence-corrected chi connectivity index (χ2v) is 6.78. The van der Waals surface area contributed by atoms with Gasteiger partial charge in [-0.15, -0.1) is 0 Å². The predicted octanol–water partition coefficient (Wildman–Crippen LogP) is -3.21. The maximum atomic E-state index is 12.5. The first-order valence-corrected chi connectivity index (χ1v) is 8.67. The average Bonchev–Trinajstić information content (AvgIpc) is 2.57. The van der Waals surface area contributed by atoms with Gasteiger partial charge in [0.05, 0.1) is 19.1 Å². The van der Waals surface area contributed by atoms with Crippen molar-refractivity contribution in [2.75, 3.05) is 6.61 Å². The van der Waals surface area contributed by atoms with E-state index in [9.17, 15) is 24.0 Å². The molecule has 9 N–H and O–H groups in total. The first kappa shape index (κ1) is 25.3. The highest BCUT2D eigenvalue weighted by Gasteiger charge is 2.28. The van der Waals surface area contributed by atoms with E-state index in [2.05, 4.69) is 16.0 Å². The van der Waals surface area contributed by atoms with E-state index in [1.807, 2.05) is 13.8 Å². The van der Waals surface area contributed by atoms with E-state index in [1.54, 1.807) is 0 Å². The molecule has 0 spiro atoms. The zero-order valence-electron chi connectivity index (χ0n) is 16.1. The molecule has 4 unspecified atom stereocenters. The summed E-state index contributed by atoms with van der Waals surface area (Å²) in [7, 11) is 0. The number of carbonyl (C=O) groups excluding carboxylic acids is 4. The monoisotopic (exact) mass is 403 g/mol. The second kappa shape index (κ2) is 11.9. The molecule has 4 atom stereocenters. The Labute approximate surface area is 162 Å². The maximum absolute atomic E-state index is 12.5. The van der Waals surface area contributed by atoms with Crippen LogP contribution in [0.5, 0.6) is 0 Å². The highest BCUT2D eigenvalue weighted by atomic mass is 16.4. The van der Waals surface area contributed by atoms with Crippen LogP contribution in [0.25, 0.3) is 0 Å². The van der Waals surface area contributed by atoms with Crippen molar-refractivity contribution < 1.29 is 34.2 Å². The molecule has 28 heavy (non-hydrogen) atoms. The van der Waals surface area contributed by atoms with Crippen LogP contribution in [0.2, 0.25) is 0 Å². The van der Waals surface area contributed by atoms with Crippen LogP contribution in [0.1, 0.15) is 33.6 Å². The van der Waals surface area contributed by atoms with Gasteiger partial charge in [0.15, 0.2) is 0 Å². The lowest BCUT2D eigenvalue weighted by Crippen LogP contribution is -2.57. The summed E-state index contributed by atoms with van der Waals surface area (Å²) in [6.07, 6.45) is -0.165. The molecule has 12 heteroatoms. The van der Waals surface area contributed by atoms with Gasteiger partial charge in [0.2, 0.25) is 23.6 Å². The van der Waals surface area contributed by atoms with Gasteiger partial charge in [-0.2, -0.15) is 0 Å². The lowest BCUT2D eigenvalue weighted by atomic mass is 10.0. The third kappa shape index (κ3) is 9.28. The van der Waals surface area contributed by atoms with Crippen molar-refractivity contribution in [3.8, 4) is 0 Å². The zero-order valence-corrected chi connectivity index (χ0v) is 16.1. The number of rotatable bonds is 12. The van der Waals surface area contributed by atoms with E-state index in [0.717, 1.165) is 0 Å². The van der Waals surface area contributed by atoms with Gasteiger partial charge in [0.25, 0.3) is 0 Å². The van der Waals surface area contributed by atoms with Crippen molar-refractivity contribution >= 4 is 29.6 Å². The van der Waals surface area contributed by atoms with Crippen LogP contribution in [0.3, 0.4) is 0 Å². The lowest BCUT2D eigenvalue weighted by molar-refractivity contribution is -0.143. The summed E-state index contributed by atoms with van der Waals surface area (Å²) in [6, 6.07) is -4.90. The van der Waals surface area contributed by atoms with Crippen molar-refractivity contribution in [2.24, 2.45) is 17.4 Å². The molecule has 4 amide bonds. The normalized spacial score (nSPS) is 15.1.